The Morgan fingerprint density at radius 3 is 2.75 bits per heavy atom. The number of hydrogen-bond acceptors (Lipinski definition) is 3. The zero-order valence-electron chi connectivity index (χ0n) is 6.03. The lowest BCUT2D eigenvalue weighted by molar-refractivity contribution is -0.384. The maximum atomic E-state index is 10.4. The van der Waals surface area contributed by atoms with Gasteiger partial charge < -0.3 is 0 Å². The Balaban J connectivity index is 3.30. The summed E-state index contributed by atoms with van der Waals surface area (Å²) in [6.07, 6.45) is 0. The summed E-state index contributed by atoms with van der Waals surface area (Å²) in [6, 6.07) is 4.61. The molecule has 0 unspecified atom stereocenters. The molecule has 0 atom stereocenters. The highest BCUT2D eigenvalue weighted by Crippen LogP contribution is 2.29. The van der Waals surface area contributed by atoms with Crippen LogP contribution in [0.4, 0.5) is 11.4 Å². The molecule has 5 heteroatoms. The molecule has 0 fully saturated rings. The van der Waals surface area contributed by atoms with E-state index in [9.17, 15) is 10.1 Å². The van der Waals surface area contributed by atoms with Crippen molar-refractivity contribution in [2.75, 3.05) is 0 Å². The molecule has 62 valence electrons. The fraction of sp³-hybridized carbons (Fsp3) is 0. The molecule has 1 aromatic carbocycles. The smallest absolute Gasteiger partial charge is 0.258 e. The van der Waals surface area contributed by atoms with Gasteiger partial charge in [-0.25, -0.2) is 0 Å². The van der Waals surface area contributed by atoms with Gasteiger partial charge >= 0.3 is 0 Å². The van der Waals surface area contributed by atoms with Crippen LogP contribution in [0.5, 0.6) is 0 Å². The van der Waals surface area contributed by atoms with E-state index < -0.39 is 4.92 Å². The Bertz CT molecular complexity index is 338. The highest BCUT2D eigenvalue weighted by atomic mass is 79.9. The van der Waals surface area contributed by atoms with Crippen molar-refractivity contribution in [1.29, 1.82) is 0 Å². The fourth-order valence-corrected chi connectivity index (χ4v) is 1.13. The molecule has 0 N–H and O–H groups in total. The predicted octanol–water partition coefficient (Wildman–Crippen LogP) is 2.69. The normalized spacial score (nSPS) is 9.42. The van der Waals surface area contributed by atoms with Crippen LogP contribution in [-0.2, 0) is 0 Å². The monoisotopic (exact) mass is 228 g/mol. The second kappa shape index (κ2) is 3.44. The number of hydrogen-bond donors (Lipinski definition) is 0. The number of benzene rings is 1. The molecule has 0 heterocycles. The molecule has 0 aliphatic carbocycles. The van der Waals surface area contributed by atoms with Crippen molar-refractivity contribution >= 4 is 34.0 Å². The number of nitrogens with zero attached hydrogens (tertiary/aromatic N) is 2. The Hall–Kier alpha value is -1.23. The van der Waals surface area contributed by atoms with Crippen LogP contribution in [0.3, 0.4) is 0 Å². The number of rotatable bonds is 2. The van der Waals surface area contributed by atoms with E-state index in [1.165, 1.54) is 12.1 Å². The molecule has 0 saturated heterocycles. The summed E-state index contributed by atoms with van der Waals surface area (Å²) in [7, 11) is 0. The summed E-state index contributed by atoms with van der Waals surface area (Å²) in [5, 5.41) is 10.4. The average Bonchev–Trinajstić information content (AvgIpc) is 2.04. The van der Waals surface area contributed by atoms with Crippen LogP contribution in [0.25, 0.3) is 0 Å². The van der Waals surface area contributed by atoms with Crippen LogP contribution in [-0.4, -0.2) is 11.6 Å². The standard InChI is InChI=1S/C7H5BrN2O2/c1-9-6-3-2-5(8)4-7(6)10(11)12/h2-4H,1H2. The van der Waals surface area contributed by atoms with Crippen molar-refractivity contribution in [3.8, 4) is 0 Å². The SMILES string of the molecule is C=Nc1ccc(Br)cc1[N+](=O)[O-]. The zero-order valence-corrected chi connectivity index (χ0v) is 7.61. The number of nitro groups is 1. The minimum Gasteiger partial charge on any atom is -0.258 e. The Morgan fingerprint density at radius 2 is 2.25 bits per heavy atom. The minimum atomic E-state index is -0.491. The van der Waals surface area contributed by atoms with Crippen LogP contribution in [0.2, 0.25) is 0 Å². The van der Waals surface area contributed by atoms with Gasteiger partial charge in [0, 0.05) is 10.5 Å². The summed E-state index contributed by atoms with van der Waals surface area (Å²) >= 11 is 3.13. The maximum Gasteiger partial charge on any atom is 0.295 e. The van der Waals surface area contributed by atoms with Gasteiger partial charge in [-0.3, -0.25) is 15.1 Å². The molecule has 1 rings (SSSR count). The molecule has 0 saturated carbocycles. The Kier molecular flexibility index (Phi) is 2.54. The molecule has 12 heavy (non-hydrogen) atoms. The van der Waals surface area contributed by atoms with Crippen LogP contribution in [0.15, 0.2) is 27.7 Å². The quantitative estimate of drug-likeness (QED) is 0.444. The molecule has 0 bridgehead atoms. The molecule has 0 radical (unpaired) electrons. The average molecular weight is 229 g/mol. The fourth-order valence-electron chi connectivity index (χ4n) is 0.777. The van der Waals surface area contributed by atoms with Gasteiger partial charge in [0.1, 0.15) is 5.69 Å². The first-order valence-corrected chi connectivity index (χ1v) is 3.85. The van der Waals surface area contributed by atoms with Gasteiger partial charge in [-0.05, 0) is 18.9 Å². The molecular formula is C7H5BrN2O2. The summed E-state index contributed by atoms with van der Waals surface area (Å²) in [5.41, 5.74) is 0.238. The van der Waals surface area contributed by atoms with Gasteiger partial charge in [-0.1, -0.05) is 15.9 Å². The van der Waals surface area contributed by atoms with Gasteiger partial charge in [0.15, 0.2) is 0 Å². The lowest BCUT2D eigenvalue weighted by Crippen LogP contribution is -1.87. The molecule has 1 aromatic rings. The van der Waals surface area contributed by atoms with E-state index in [0.717, 1.165) is 0 Å². The first-order chi connectivity index (χ1) is 5.65. The van der Waals surface area contributed by atoms with E-state index in [0.29, 0.717) is 4.47 Å². The van der Waals surface area contributed by atoms with Crippen LogP contribution >= 0.6 is 15.9 Å². The van der Waals surface area contributed by atoms with E-state index in [1.54, 1.807) is 6.07 Å². The van der Waals surface area contributed by atoms with Gasteiger partial charge in [0.05, 0.1) is 4.92 Å². The largest absolute Gasteiger partial charge is 0.295 e. The highest BCUT2D eigenvalue weighted by Gasteiger charge is 2.11. The van der Waals surface area contributed by atoms with E-state index in [4.69, 9.17) is 0 Å². The van der Waals surface area contributed by atoms with E-state index >= 15 is 0 Å². The molecule has 0 aliphatic heterocycles. The topological polar surface area (TPSA) is 55.5 Å². The Morgan fingerprint density at radius 1 is 1.58 bits per heavy atom. The van der Waals surface area contributed by atoms with Crippen molar-refractivity contribution in [1.82, 2.24) is 0 Å². The summed E-state index contributed by atoms with van der Waals surface area (Å²) in [5.74, 6) is 0. The van der Waals surface area contributed by atoms with Crippen LogP contribution < -0.4 is 0 Å². The molecule has 0 spiro atoms. The molecule has 0 amide bonds. The van der Waals surface area contributed by atoms with Crippen molar-refractivity contribution in [2.45, 2.75) is 0 Å². The summed E-state index contributed by atoms with van der Waals surface area (Å²) < 4.78 is 0.654. The molecule has 0 aliphatic rings. The summed E-state index contributed by atoms with van der Waals surface area (Å²) in [6.45, 7) is 3.23. The number of nitro benzene ring substituents is 1. The van der Waals surface area contributed by atoms with Crippen LogP contribution in [0.1, 0.15) is 0 Å². The minimum absolute atomic E-state index is 0.0422. The number of halogens is 1. The highest BCUT2D eigenvalue weighted by molar-refractivity contribution is 9.10. The van der Waals surface area contributed by atoms with Crippen molar-refractivity contribution < 1.29 is 4.92 Å². The lowest BCUT2D eigenvalue weighted by Gasteiger charge is -1.95. The third-order valence-corrected chi connectivity index (χ3v) is 1.80. The third kappa shape index (κ3) is 1.68. The molecule has 0 aromatic heterocycles. The molecule has 4 nitrogen and oxygen atoms in total. The van der Waals surface area contributed by atoms with Gasteiger partial charge in [-0.2, -0.15) is 0 Å². The van der Waals surface area contributed by atoms with Gasteiger partial charge in [0.25, 0.3) is 5.69 Å². The third-order valence-electron chi connectivity index (χ3n) is 1.30. The molecular weight excluding hydrogens is 224 g/mol. The second-order valence-corrected chi connectivity index (χ2v) is 2.96. The van der Waals surface area contributed by atoms with Crippen molar-refractivity contribution in [2.24, 2.45) is 4.99 Å². The van der Waals surface area contributed by atoms with Crippen molar-refractivity contribution in [3.05, 3.63) is 32.8 Å². The first kappa shape index (κ1) is 8.86. The predicted molar refractivity (Wildman–Crippen MR) is 50.0 cm³/mol. The van der Waals surface area contributed by atoms with Gasteiger partial charge in [0.2, 0.25) is 0 Å². The maximum absolute atomic E-state index is 10.4. The van der Waals surface area contributed by atoms with Crippen molar-refractivity contribution in [3.63, 3.8) is 0 Å². The van der Waals surface area contributed by atoms with E-state index in [1.807, 2.05) is 0 Å². The van der Waals surface area contributed by atoms with Crippen LogP contribution in [0, 0.1) is 10.1 Å². The second-order valence-electron chi connectivity index (χ2n) is 2.05. The first-order valence-electron chi connectivity index (χ1n) is 3.06. The zero-order chi connectivity index (χ0) is 9.14. The number of aliphatic imine (C=N–C) groups is 1. The van der Waals surface area contributed by atoms with E-state index in [-0.39, 0.29) is 11.4 Å². The van der Waals surface area contributed by atoms with E-state index in [2.05, 4.69) is 27.6 Å². The summed E-state index contributed by atoms with van der Waals surface area (Å²) in [4.78, 5) is 13.5. The van der Waals surface area contributed by atoms with Gasteiger partial charge in [-0.15, -0.1) is 0 Å². The Labute approximate surface area is 77.2 Å². The lowest BCUT2D eigenvalue weighted by atomic mass is 10.3.